The van der Waals surface area contributed by atoms with E-state index in [1.807, 2.05) is 13.0 Å². The van der Waals surface area contributed by atoms with E-state index in [0.29, 0.717) is 5.56 Å². The second-order valence-electron chi connectivity index (χ2n) is 3.79. The second-order valence-corrected chi connectivity index (χ2v) is 3.79. The van der Waals surface area contributed by atoms with Gasteiger partial charge in [-0.3, -0.25) is 0 Å². The van der Waals surface area contributed by atoms with Gasteiger partial charge in [-0.15, -0.1) is 12.4 Å². The quantitative estimate of drug-likeness (QED) is 0.855. The Morgan fingerprint density at radius 2 is 1.81 bits per heavy atom. The van der Waals surface area contributed by atoms with Crippen LogP contribution >= 0.6 is 12.4 Å². The van der Waals surface area contributed by atoms with Crippen molar-refractivity contribution < 1.29 is 13.2 Å². The minimum atomic E-state index is -4.21. The molecule has 0 bridgehead atoms. The van der Waals surface area contributed by atoms with Crippen molar-refractivity contribution >= 4 is 12.4 Å². The lowest BCUT2D eigenvalue weighted by Gasteiger charge is -2.17. The van der Waals surface area contributed by atoms with Crippen LogP contribution in [0.2, 0.25) is 0 Å². The van der Waals surface area contributed by atoms with Crippen molar-refractivity contribution in [2.24, 2.45) is 5.73 Å². The first kappa shape index (κ1) is 15.3. The van der Waals surface area contributed by atoms with E-state index >= 15 is 0 Å². The van der Waals surface area contributed by atoms with Crippen LogP contribution in [-0.2, 0) is 0 Å². The zero-order valence-corrected chi connectivity index (χ0v) is 9.95. The molecule has 5 heteroatoms. The first-order valence-electron chi connectivity index (χ1n) is 4.69. The average Bonchev–Trinajstić information content (AvgIpc) is 2.06. The molecule has 0 aliphatic carbocycles. The number of hydrogen-bond acceptors (Lipinski definition) is 1. The van der Waals surface area contributed by atoms with Crippen molar-refractivity contribution in [3.05, 3.63) is 34.9 Å². The van der Waals surface area contributed by atoms with Gasteiger partial charge >= 0.3 is 6.18 Å². The van der Waals surface area contributed by atoms with E-state index in [-0.39, 0.29) is 12.4 Å². The second kappa shape index (κ2) is 5.55. The third-order valence-corrected chi connectivity index (χ3v) is 2.29. The van der Waals surface area contributed by atoms with E-state index in [1.165, 1.54) is 0 Å². The predicted molar refractivity (Wildman–Crippen MR) is 60.8 cm³/mol. The van der Waals surface area contributed by atoms with Crippen LogP contribution in [0.5, 0.6) is 0 Å². The number of aryl methyl sites for hydroxylation is 2. The summed E-state index contributed by atoms with van der Waals surface area (Å²) in [4.78, 5) is 0. The Bertz CT molecular complexity index is 350. The fraction of sp³-hybridized carbons (Fsp3) is 0.455. The largest absolute Gasteiger partial charge is 0.390 e. The van der Waals surface area contributed by atoms with E-state index in [9.17, 15) is 13.2 Å². The van der Waals surface area contributed by atoms with Crippen LogP contribution in [0.4, 0.5) is 13.2 Å². The molecule has 1 aromatic rings. The molecule has 1 rings (SSSR count). The van der Waals surface area contributed by atoms with E-state index in [0.717, 1.165) is 11.1 Å². The van der Waals surface area contributed by atoms with Crippen LogP contribution < -0.4 is 5.73 Å². The molecule has 0 amide bonds. The first-order chi connectivity index (χ1) is 6.79. The Morgan fingerprint density at radius 1 is 1.25 bits per heavy atom. The van der Waals surface area contributed by atoms with Crippen molar-refractivity contribution in [1.82, 2.24) is 0 Å². The average molecular weight is 254 g/mol. The molecular formula is C11H15ClF3N. The molecule has 1 nitrogen and oxygen atoms in total. The number of benzene rings is 1. The summed E-state index contributed by atoms with van der Waals surface area (Å²) in [5.41, 5.74) is 7.83. The highest BCUT2D eigenvalue weighted by atomic mass is 35.5. The van der Waals surface area contributed by atoms with Gasteiger partial charge in [-0.05, 0) is 25.0 Å². The third kappa shape index (κ3) is 4.41. The predicted octanol–water partition coefficient (Wildman–Crippen LogP) is 3.68. The lowest BCUT2D eigenvalue weighted by atomic mass is 9.97. The number of hydrogen-bond donors (Lipinski definition) is 1. The fourth-order valence-electron chi connectivity index (χ4n) is 1.52. The number of halogens is 4. The van der Waals surface area contributed by atoms with Gasteiger partial charge in [0, 0.05) is 6.04 Å². The minimum absolute atomic E-state index is 0. The Balaban J connectivity index is 0.00000225. The Morgan fingerprint density at radius 3 is 2.31 bits per heavy atom. The monoisotopic (exact) mass is 253 g/mol. The highest BCUT2D eigenvalue weighted by molar-refractivity contribution is 5.85. The van der Waals surface area contributed by atoms with Crippen molar-refractivity contribution in [2.45, 2.75) is 32.5 Å². The molecule has 0 aliphatic heterocycles. The molecule has 0 fully saturated rings. The smallest absolute Gasteiger partial charge is 0.324 e. The topological polar surface area (TPSA) is 26.0 Å². The van der Waals surface area contributed by atoms with E-state index in [1.54, 1.807) is 19.1 Å². The normalized spacial score (nSPS) is 13.1. The number of alkyl halides is 3. The standard InChI is InChI=1S/C11H14F3N.ClH/c1-7-3-4-8(2)9(5-7)10(15)6-11(12,13)14;/h3-5,10H,6,15H2,1-2H3;1H/t10-;/m1./s1. The van der Waals surface area contributed by atoms with Gasteiger partial charge in [0.2, 0.25) is 0 Å². The maximum absolute atomic E-state index is 12.1. The molecule has 1 atom stereocenters. The summed E-state index contributed by atoms with van der Waals surface area (Å²) in [5.74, 6) is 0. The van der Waals surface area contributed by atoms with Gasteiger partial charge in [-0.1, -0.05) is 23.8 Å². The molecule has 92 valence electrons. The van der Waals surface area contributed by atoms with E-state index in [2.05, 4.69) is 0 Å². The van der Waals surface area contributed by atoms with Gasteiger partial charge in [-0.2, -0.15) is 13.2 Å². The molecule has 0 saturated heterocycles. The van der Waals surface area contributed by atoms with Gasteiger partial charge in [0.05, 0.1) is 6.42 Å². The highest BCUT2D eigenvalue weighted by Gasteiger charge is 2.31. The summed E-state index contributed by atoms with van der Waals surface area (Å²) in [6, 6.07) is 4.40. The molecule has 16 heavy (non-hydrogen) atoms. The molecule has 0 unspecified atom stereocenters. The van der Waals surface area contributed by atoms with Crippen LogP contribution in [0.25, 0.3) is 0 Å². The summed E-state index contributed by atoms with van der Waals surface area (Å²) in [7, 11) is 0. The molecule has 0 saturated carbocycles. The van der Waals surface area contributed by atoms with Crippen molar-refractivity contribution in [1.29, 1.82) is 0 Å². The molecule has 0 spiro atoms. The minimum Gasteiger partial charge on any atom is -0.324 e. The number of rotatable bonds is 2. The van der Waals surface area contributed by atoms with Crippen molar-refractivity contribution in [3.63, 3.8) is 0 Å². The maximum atomic E-state index is 12.1. The molecule has 0 aromatic heterocycles. The van der Waals surface area contributed by atoms with Crippen LogP contribution in [0.15, 0.2) is 18.2 Å². The SMILES string of the molecule is Cc1ccc(C)c([C@H](N)CC(F)(F)F)c1.Cl. The van der Waals surface area contributed by atoms with Gasteiger partial charge in [0.15, 0.2) is 0 Å². The van der Waals surface area contributed by atoms with Crippen molar-refractivity contribution in [3.8, 4) is 0 Å². The highest BCUT2D eigenvalue weighted by Crippen LogP contribution is 2.29. The summed E-state index contributed by atoms with van der Waals surface area (Å²) >= 11 is 0. The molecule has 1 aromatic carbocycles. The zero-order chi connectivity index (χ0) is 11.6. The molecule has 0 aliphatic rings. The molecular weight excluding hydrogens is 239 g/mol. The Kier molecular flexibility index (Phi) is 5.29. The van der Waals surface area contributed by atoms with Crippen LogP contribution in [0.1, 0.15) is 29.2 Å². The Hall–Kier alpha value is -0.740. The van der Waals surface area contributed by atoms with Gasteiger partial charge in [0.25, 0.3) is 0 Å². The van der Waals surface area contributed by atoms with Gasteiger partial charge < -0.3 is 5.73 Å². The number of nitrogens with two attached hydrogens (primary N) is 1. The molecule has 0 radical (unpaired) electrons. The van der Waals surface area contributed by atoms with Crippen LogP contribution in [0.3, 0.4) is 0 Å². The lowest BCUT2D eigenvalue weighted by molar-refractivity contribution is -0.138. The lowest BCUT2D eigenvalue weighted by Crippen LogP contribution is -2.21. The summed E-state index contributed by atoms with van der Waals surface area (Å²) < 4.78 is 36.4. The van der Waals surface area contributed by atoms with Crippen LogP contribution in [-0.4, -0.2) is 6.18 Å². The summed E-state index contributed by atoms with van der Waals surface area (Å²) in [6.45, 7) is 3.61. The van der Waals surface area contributed by atoms with Crippen LogP contribution in [0, 0.1) is 13.8 Å². The third-order valence-electron chi connectivity index (χ3n) is 2.29. The summed E-state index contributed by atoms with van der Waals surface area (Å²) in [6.07, 6.45) is -5.19. The molecule has 0 heterocycles. The molecule has 2 N–H and O–H groups in total. The van der Waals surface area contributed by atoms with Gasteiger partial charge in [0.1, 0.15) is 0 Å². The van der Waals surface area contributed by atoms with E-state index < -0.39 is 18.6 Å². The maximum Gasteiger partial charge on any atom is 0.390 e. The van der Waals surface area contributed by atoms with E-state index in [4.69, 9.17) is 5.73 Å². The zero-order valence-electron chi connectivity index (χ0n) is 9.14. The summed E-state index contributed by atoms with van der Waals surface area (Å²) in [5, 5.41) is 0. The van der Waals surface area contributed by atoms with Crippen molar-refractivity contribution in [2.75, 3.05) is 0 Å². The first-order valence-corrected chi connectivity index (χ1v) is 4.69. The Labute approximate surface area is 99.2 Å². The fourth-order valence-corrected chi connectivity index (χ4v) is 1.52. The van der Waals surface area contributed by atoms with Gasteiger partial charge in [-0.25, -0.2) is 0 Å².